The quantitative estimate of drug-likeness (QED) is 0.765. The fourth-order valence-electron chi connectivity index (χ4n) is 1.50. The van der Waals surface area contributed by atoms with Gasteiger partial charge in [0.05, 0.1) is 0 Å². The van der Waals surface area contributed by atoms with Crippen LogP contribution in [-0.4, -0.2) is 17.1 Å². The Hall–Kier alpha value is -1.13. The minimum atomic E-state index is -0.282. The molecule has 0 spiro atoms. The lowest BCUT2D eigenvalue weighted by molar-refractivity contribution is -0.120. The van der Waals surface area contributed by atoms with E-state index >= 15 is 0 Å². The van der Waals surface area contributed by atoms with Gasteiger partial charge in [-0.1, -0.05) is 23.7 Å². The molecule has 1 aliphatic rings. The van der Waals surface area contributed by atoms with E-state index in [1.54, 1.807) is 6.07 Å². The molecule has 1 aliphatic heterocycles. The van der Waals surface area contributed by atoms with Gasteiger partial charge in [0, 0.05) is 11.4 Å². The third kappa shape index (κ3) is 2.46. The van der Waals surface area contributed by atoms with E-state index < -0.39 is 0 Å². The Bertz CT molecular complexity index is 422. The van der Waals surface area contributed by atoms with Gasteiger partial charge in [-0.15, -0.1) is 0 Å². The van der Waals surface area contributed by atoms with E-state index in [0.717, 1.165) is 5.56 Å². The lowest BCUT2D eigenvalue weighted by Crippen LogP contribution is -2.30. The summed E-state index contributed by atoms with van der Waals surface area (Å²) in [6.07, 6.45) is 0.590. The third-order valence-corrected chi connectivity index (χ3v) is 2.64. The Labute approximate surface area is 97.8 Å². The van der Waals surface area contributed by atoms with Crippen molar-refractivity contribution in [1.82, 2.24) is 10.6 Å². The highest BCUT2D eigenvalue weighted by Crippen LogP contribution is 2.13. The molecule has 1 aromatic rings. The zero-order valence-electron chi connectivity index (χ0n) is 7.79. The molecule has 0 bridgehead atoms. The van der Waals surface area contributed by atoms with Gasteiger partial charge in [-0.25, -0.2) is 0 Å². The number of carbonyl (C=O) groups is 1. The van der Waals surface area contributed by atoms with Crippen molar-refractivity contribution < 1.29 is 4.79 Å². The van der Waals surface area contributed by atoms with E-state index in [9.17, 15) is 4.79 Å². The Balaban J connectivity index is 2.09. The fourth-order valence-corrected chi connectivity index (χ4v) is 1.96. The normalized spacial score (nSPS) is 19.9. The number of carbonyl (C=O) groups excluding carboxylic acids is 1. The molecule has 15 heavy (non-hydrogen) atoms. The van der Waals surface area contributed by atoms with Gasteiger partial charge in [0.2, 0.25) is 5.91 Å². The molecule has 1 heterocycles. The Kier molecular flexibility index (Phi) is 2.88. The molecule has 5 heteroatoms. The second-order valence-electron chi connectivity index (χ2n) is 3.35. The molecule has 1 atom stereocenters. The average Bonchev–Trinajstić information content (AvgIpc) is 2.45. The zero-order chi connectivity index (χ0) is 10.8. The lowest BCUT2D eigenvalue weighted by Gasteiger charge is -2.07. The molecule has 0 saturated carbocycles. The van der Waals surface area contributed by atoms with Crippen LogP contribution in [-0.2, 0) is 11.2 Å². The van der Waals surface area contributed by atoms with Crippen molar-refractivity contribution in [3.8, 4) is 0 Å². The molecule has 0 aliphatic carbocycles. The third-order valence-electron chi connectivity index (χ3n) is 2.19. The minimum Gasteiger partial charge on any atom is -0.350 e. The number of amides is 1. The number of hydrogen-bond acceptors (Lipinski definition) is 2. The number of hydrogen-bond donors (Lipinski definition) is 2. The van der Waals surface area contributed by atoms with E-state index in [1.807, 2.05) is 18.2 Å². The summed E-state index contributed by atoms with van der Waals surface area (Å²) in [5.41, 5.74) is 1.01. The summed E-state index contributed by atoms with van der Waals surface area (Å²) in [7, 11) is 0. The van der Waals surface area contributed by atoms with Crippen LogP contribution in [0.4, 0.5) is 0 Å². The second kappa shape index (κ2) is 4.16. The van der Waals surface area contributed by atoms with Crippen molar-refractivity contribution in [2.45, 2.75) is 12.5 Å². The number of nitrogens with one attached hydrogen (secondary N) is 2. The first-order chi connectivity index (χ1) is 7.15. The Morgan fingerprint density at radius 2 is 2.27 bits per heavy atom. The Morgan fingerprint density at radius 3 is 2.87 bits per heavy atom. The van der Waals surface area contributed by atoms with Crippen molar-refractivity contribution in [3.05, 3.63) is 34.9 Å². The zero-order valence-corrected chi connectivity index (χ0v) is 9.36. The van der Waals surface area contributed by atoms with Gasteiger partial charge in [-0.05, 0) is 29.9 Å². The fraction of sp³-hybridized carbons (Fsp3) is 0.200. The summed E-state index contributed by atoms with van der Waals surface area (Å²) in [6, 6.07) is 7.16. The molecule has 1 unspecified atom stereocenters. The summed E-state index contributed by atoms with van der Waals surface area (Å²) in [5.74, 6) is -0.0834. The number of thiocarbonyl (C=S) groups is 1. The summed E-state index contributed by atoms with van der Waals surface area (Å²) in [5, 5.41) is 6.52. The summed E-state index contributed by atoms with van der Waals surface area (Å²) in [4.78, 5) is 11.4. The molecule has 1 amide bonds. The summed E-state index contributed by atoms with van der Waals surface area (Å²) >= 11 is 10.7. The van der Waals surface area contributed by atoms with E-state index in [1.165, 1.54) is 0 Å². The van der Waals surface area contributed by atoms with Gasteiger partial charge in [-0.2, -0.15) is 0 Å². The summed E-state index contributed by atoms with van der Waals surface area (Å²) < 4.78 is 0. The molecule has 0 radical (unpaired) electrons. The van der Waals surface area contributed by atoms with Gasteiger partial charge in [0.15, 0.2) is 5.11 Å². The molecule has 1 aromatic carbocycles. The maximum Gasteiger partial charge on any atom is 0.249 e. The lowest BCUT2D eigenvalue weighted by atomic mass is 10.1. The van der Waals surface area contributed by atoms with Crippen LogP contribution in [0.1, 0.15) is 5.56 Å². The van der Waals surface area contributed by atoms with E-state index in [0.29, 0.717) is 16.6 Å². The monoisotopic (exact) mass is 240 g/mol. The van der Waals surface area contributed by atoms with Gasteiger partial charge in [0.25, 0.3) is 0 Å². The number of rotatable bonds is 2. The highest BCUT2D eigenvalue weighted by atomic mass is 35.5. The van der Waals surface area contributed by atoms with Crippen LogP contribution in [0.5, 0.6) is 0 Å². The number of benzene rings is 1. The first-order valence-corrected chi connectivity index (χ1v) is 5.29. The molecule has 0 aromatic heterocycles. The van der Waals surface area contributed by atoms with Crippen LogP contribution in [0.15, 0.2) is 24.3 Å². The molecule has 3 nitrogen and oxygen atoms in total. The predicted octanol–water partition coefficient (Wildman–Crippen LogP) is 1.26. The largest absolute Gasteiger partial charge is 0.350 e. The van der Waals surface area contributed by atoms with Crippen LogP contribution in [0.25, 0.3) is 0 Å². The van der Waals surface area contributed by atoms with Gasteiger partial charge < -0.3 is 10.6 Å². The molecular weight excluding hydrogens is 232 g/mol. The average molecular weight is 241 g/mol. The highest BCUT2D eigenvalue weighted by molar-refractivity contribution is 7.80. The van der Waals surface area contributed by atoms with Gasteiger partial charge in [-0.3, -0.25) is 4.79 Å². The van der Waals surface area contributed by atoms with E-state index in [2.05, 4.69) is 10.6 Å². The predicted molar refractivity (Wildman–Crippen MR) is 62.8 cm³/mol. The smallest absolute Gasteiger partial charge is 0.249 e. The van der Waals surface area contributed by atoms with Crippen molar-refractivity contribution in [3.63, 3.8) is 0 Å². The topological polar surface area (TPSA) is 41.1 Å². The highest BCUT2D eigenvalue weighted by Gasteiger charge is 2.26. The molecule has 1 saturated heterocycles. The Morgan fingerprint density at radius 1 is 1.47 bits per heavy atom. The van der Waals surface area contributed by atoms with Crippen LogP contribution >= 0.6 is 23.8 Å². The SMILES string of the molecule is O=C1NC(=S)NC1Cc1cccc(Cl)c1. The van der Waals surface area contributed by atoms with E-state index in [4.69, 9.17) is 23.8 Å². The minimum absolute atomic E-state index is 0.0834. The van der Waals surface area contributed by atoms with Crippen molar-refractivity contribution in [2.24, 2.45) is 0 Å². The van der Waals surface area contributed by atoms with Crippen LogP contribution in [0.2, 0.25) is 5.02 Å². The molecule has 78 valence electrons. The second-order valence-corrected chi connectivity index (χ2v) is 4.19. The van der Waals surface area contributed by atoms with E-state index in [-0.39, 0.29) is 11.9 Å². The van der Waals surface area contributed by atoms with Crippen molar-refractivity contribution in [2.75, 3.05) is 0 Å². The maximum absolute atomic E-state index is 11.4. The van der Waals surface area contributed by atoms with Gasteiger partial charge in [0.1, 0.15) is 6.04 Å². The molecular formula is C10H9ClN2OS. The molecule has 2 N–H and O–H groups in total. The van der Waals surface area contributed by atoms with Crippen molar-refractivity contribution >= 4 is 34.8 Å². The summed E-state index contributed by atoms with van der Waals surface area (Å²) in [6.45, 7) is 0. The first-order valence-electron chi connectivity index (χ1n) is 4.51. The van der Waals surface area contributed by atoms with Gasteiger partial charge >= 0.3 is 0 Å². The van der Waals surface area contributed by atoms with Crippen molar-refractivity contribution in [1.29, 1.82) is 0 Å². The molecule has 1 fully saturated rings. The van der Waals surface area contributed by atoms with Crippen LogP contribution in [0, 0.1) is 0 Å². The van der Waals surface area contributed by atoms with Crippen LogP contribution < -0.4 is 10.6 Å². The molecule has 2 rings (SSSR count). The van der Waals surface area contributed by atoms with Crippen LogP contribution in [0.3, 0.4) is 0 Å². The number of halogens is 1. The standard InChI is InChI=1S/C10H9ClN2OS/c11-7-3-1-2-6(4-7)5-8-9(14)13-10(15)12-8/h1-4,8H,5H2,(H2,12,13,14,15). The first kappa shape index (κ1) is 10.4. The maximum atomic E-state index is 11.4.